The molecule has 0 saturated carbocycles. The number of ether oxygens (including phenoxy) is 1. The van der Waals surface area contributed by atoms with E-state index in [4.69, 9.17) is 11.6 Å². The molecule has 0 atom stereocenters. The Kier molecular flexibility index (Phi) is 6.21. The van der Waals surface area contributed by atoms with Crippen molar-refractivity contribution < 1.29 is 19.1 Å². The molecule has 0 aromatic heterocycles. The van der Waals surface area contributed by atoms with Crippen molar-refractivity contribution in [1.82, 2.24) is 16.2 Å². The van der Waals surface area contributed by atoms with Crippen molar-refractivity contribution in [3.05, 3.63) is 0 Å². The molecule has 0 aliphatic heterocycles. The minimum Gasteiger partial charge on any atom is -0.439 e. The predicted molar refractivity (Wildman–Crippen MR) is 47.4 cm³/mol. The topological polar surface area (TPSA) is 96.5 Å². The van der Waals surface area contributed by atoms with Gasteiger partial charge in [-0.05, 0) is 0 Å². The summed E-state index contributed by atoms with van der Waals surface area (Å²) in [6.45, 7) is -0.484. The van der Waals surface area contributed by atoms with E-state index in [-0.39, 0.29) is 5.88 Å². The third-order valence-corrected chi connectivity index (χ3v) is 1.24. The van der Waals surface area contributed by atoms with Crippen molar-refractivity contribution >= 4 is 29.5 Å². The van der Waals surface area contributed by atoms with Crippen LogP contribution in [0.5, 0.6) is 0 Å². The van der Waals surface area contributed by atoms with Crippen LogP contribution >= 0.6 is 11.6 Å². The normalized spacial score (nSPS) is 8.71. The lowest BCUT2D eigenvalue weighted by molar-refractivity contribution is -0.129. The summed E-state index contributed by atoms with van der Waals surface area (Å²) in [4.78, 5) is 31.8. The first-order valence-electron chi connectivity index (χ1n) is 3.58. The molecule has 0 spiro atoms. The van der Waals surface area contributed by atoms with Crippen molar-refractivity contribution in [3.63, 3.8) is 0 Å². The SMILES string of the molecule is CNC(=O)OCC(=O)NNC(=O)CCl. The van der Waals surface area contributed by atoms with Crippen molar-refractivity contribution in [3.8, 4) is 0 Å². The fourth-order valence-electron chi connectivity index (χ4n) is 0.412. The molecular weight excluding hydrogens is 214 g/mol. The summed E-state index contributed by atoms with van der Waals surface area (Å²) in [6.07, 6.45) is -0.733. The summed E-state index contributed by atoms with van der Waals surface area (Å²) in [5.41, 5.74) is 3.98. The Labute approximate surface area is 85.1 Å². The molecular formula is C6H10ClN3O4. The predicted octanol–water partition coefficient (Wildman–Crippen LogP) is -1.27. The van der Waals surface area contributed by atoms with E-state index in [2.05, 4.69) is 10.1 Å². The maximum atomic E-state index is 10.8. The van der Waals surface area contributed by atoms with Crippen molar-refractivity contribution in [2.45, 2.75) is 0 Å². The number of alkyl halides is 1. The van der Waals surface area contributed by atoms with E-state index >= 15 is 0 Å². The number of alkyl carbamates (subject to hydrolysis) is 1. The van der Waals surface area contributed by atoms with Gasteiger partial charge in [0.05, 0.1) is 0 Å². The second-order valence-electron chi connectivity index (χ2n) is 2.06. The van der Waals surface area contributed by atoms with Crippen LogP contribution in [-0.2, 0) is 14.3 Å². The van der Waals surface area contributed by atoms with E-state index in [0.29, 0.717) is 0 Å². The summed E-state index contributed by atoms with van der Waals surface area (Å²) in [6, 6.07) is 0. The highest BCUT2D eigenvalue weighted by Crippen LogP contribution is 1.76. The lowest BCUT2D eigenvalue weighted by Gasteiger charge is -2.05. The third-order valence-electron chi connectivity index (χ3n) is 1.00. The number of rotatable bonds is 3. The van der Waals surface area contributed by atoms with Crippen LogP contribution in [0.2, 0.25) is 0 Å². The van der Waals surface area contributed by atoms with E-state index in [1.54, 1.807) is 0 Å². The number of hydrogen-bond acceptors (Lipinski definition) is 4. The number of nitrogens with one attached hydrogen (secondary N) is 3. The zero-order valence-electron chi connectivity index (χ0n) is 7.43. The molecule has 3 amide bonds. The van der Waals surface area contributed by atoms with Gasteiger partial charge in [-0.3, -0.25) is 20.4 Å². The van der Waals surface area contributed by atoms with Crippen molar-refractivity contribution in [1.29, 1.82) is 0 Å². The largest absolute Gasteiger partial charge is 0.439 e. The summed E-state index contributed by atoms with van der Waals surface area (Å²) in [5.74, 6) is -1.48. The minimum absolute atomic E-state index is 0.267. The van der Waals surface area contributed by atoms with Gasteiger partial charge in [0.1, 0.15) is 5.88 Å². The van der Waals surface area contributed by atoms with Crippen molar-refractivity contribution in [2.75, 3.05) is 19.5 Å². The van der Waals surface area contributed by atoms with Gasteiger partial charge in [0.25, 0.3) is 11.8 Å². The van der Waals surface area contributed by atoms with E-state index in [0.717, 1.165) is 0 Å². The van der Waals surface area contributed by atoms with Crippen LogP contribution in [0.4, 0.5) is 4.79 Å². The number of hydrazine groups is 1. The molecule has 0 fully saturated rings. The van der Waals surface area contributed by atoms with Gasteiger partial charge in [0, 0.05) is 7.05 Å². The van der Waals surface area contributed by atoms with Crippen LogP contribution in [0.1, 0.15) is 0 Å². The Bertz CT molecular complexity index is 211. The highest BCUT2D eigenvalue weighted by molar-refractivity contribution is 6.27. The molecule has 8 heteroatoms. The van der Waals surface area contributed by atoms with Crippen LogP contribution in [0, 0.1) is 0 Å². The zero-order valence-corrected chi connectivity index (χ0v) is 8.18. The molecule has 0 unspecified atom stereocenters. The monoisotopic (exact) mass is 223 g/mol. The summed E-state index contributed by atoms with van der Waals surface area (Å²) < 4.78 is 4.37. The summed E-state index contributed by atoms with van der Waals surface area (Å²) in [7, 11) is 1.36. The lowest BCUT2D eigenvalue weighted by atomic mass is 10.7. The van der Waals surface area contributed by atoms with Gasteiger partial charge in [0.15, 0.2) is 6.61 Å². The smallest absolute Gasteiger partial charge is 0.407 e. The number of amides is 3. The molecule has 0 heterocycles. The van der Waals surface area contributed by atoms with Gasteiger partial charge in [-0.1, -0.05) is 0 Å². The fourth-order valence-corrected chi connectivity index (χ4v) is 0.479. The second kappa shape index (κ2) is 6.96. The molecule has 0 saturated heterocycles. The first-order valence-corrected chi connectivity index (χ1v) is 4.11. The molecule has 0 rings (SSSR count). The van der Waals surface area contributed by atoms with Gasteiger partial charge in [0.2, 0.25) is 0 Å². The standard InChI is InChI=1S/C6H10ClN3O4/c1-8-6(13)14-3-5(12)10-9-4(11)2-7/h2-3H2,1H3,(H,8,13)(H,9,11)(H,10,12). The van der Waals surface area contributed by atoms with Crippen molar-refractivity contribution in [2.24, 2.45) is 0 Å². The quantitative estimate of drug-likeness (QED) is 0.411. The van der Waals surface area contributed by atoms with Gasteiger partial charge >= 0.3 is 6.09 Å². The Balaban J connectivity index is 3.56. The van der Waals surface area contributed by atoms with Crippen LogP contribution in [-0.4, -0.2) is 37.4 Å². The van der Waals surface area contributed by atoms with E-state index in [1.165, 1.54) is 7.05 Å². The molecule has 7 nitrogen and oxygen atoms in total. The average molecular weight is 224 g/mol. The van der Waals surface area contributed by atoms with E-state index in [9.17, 15) is 14.4 Å². The molecule has 0 radical (unpaired) electrons. The van der Waals surface area contributed by atoms with Gasteiger partial charge in [-0.25, -0.2) is 4.79 Å². The third kappa shape index (κ3) is 6.06. The molecule has 0 aliphatic rings. The summed E-state index contributed by atoms with van der Waals surface area (Å²) >= 11 is 5.13. The first kappa shape index (κ1) is 12.5. The lowest BCUT2D eigenvalue weighted by Crippen LogP contribution is -2.44. The van der Waals surface area contributed by atoms with Crippen LogP contribution < -0.4 is 16.2 Å². The van der Waals surface area contributed by atoms with Gasteiger partial charge < -0.3 is 10.1 Å². The molecule has 0 aromatic carbocycles. The molecule has 0 aliphatic carbocycles. The molecule has 80 valence electrons. The minimum atomic E-state index is -0.733. The highest BCUT2D eigenvalue weighted by atomic mass is 35.5. The molecule has 14 heavy (non-hydrogen) atoms. The summed E-state index contributed by atoms with van der Waals surface area (Å²) in [5, 5.41) is 2.15. The van der Waals surface area contributed by atoms with Gasteiger partial charge in [-0.2, -0.15) is 0 Å². The number of carbonyl (C=O) groups is 3. The highest BCUT2D eigenvalue weighted by Gasteiger charge is 2.05. The van der Waals surface area contributed by atoms with E-state index < -0.39 is 24.5 Å². The van der Waals surface area contributed by atoms with Crippen LogP contribution in [0.15, 0.2) is 0 Å². The second-order valence-corrected chi connectivity index (χ2v) is 2.32. The van der Waals surface area contributed by atoms with Crippen LogP contribution in [0.25, 0.3) is 0 Å². The Morgan fingerprint density at radius 1 is 1.21 bits per heavy atom. The first-order chi connectivity index (χ1) is 6.60. The molecule has 0 aromatic rings. The number of carbonyl (C=O) groups excluding carboxylic acids is 3. The average Bonchev–Trinajstić information content (AvgIpc) is 2.22. The van der Waals surface area contributed by atoms with Gasteiger partial charge in [-0.15, -0.1) is 11.6 Å². The Morgan fingerprint density at radius 3 is 2.29 bits per heavy atom. The maximum absolute atomic E-state index is 10.8. The molecule has 0 bridgehead atoms. The number of halogens is 1. The molecule has 3 N–H and O–H groups in total. The zero-order chi connectivity index (χ0) is 11.0. The Hall–Kier alpha value is -1.50. The fraction of sp³-hybridized carbons (Fsp3) is 0.500. The van der Waals surface area contributed by atoms with Crippen LogP contribution in [0.3, 0.4) is 0 Å². The van der Waals surface area contributed by atoms with E-state index in [1.807, 2.05) is 10.9 Å². The Morgan fingerprint density at radius 2 is 1.79 bits per heavy atom. The maximum Gasteiger partial charge on any atom is 0.407 e. The number of hydrogen-bond donors (Lipinski definition) is 3.